The average molecular weight is 430 g/mol. The molecule has 1 aliphatic heterocycles. The van der Waals surface area contributed by atoms with Crippen LogP contribution in [0.15, 0.2) is 82.6 Å². The minimum Gasteiger partial charge on any atom is -0.268 e. The van der Waals surface area contributed by atoms with Crippen molar-refractivity contribution in [2.24, 2.45) is 0 Å². The van der Waals surface area contributed by atoms with E-state index in [-0.39, 0.29) is 11.3 Å². The highest BCUT2D eigenvalue weighted by molar-refractivity contribution is 8.04. The van der Waals surface area contributed by atoms with Gasteiger partial charge in [-0.15, -0.1) is 0 Å². The quantitative estimate of drug-likeness (QED) is 0.312. The van der Waals surface area contributed by atoms with E-state index < -0.39 is 16.7 Å². The van der Waals surface area contributed by atoms with Crippen molar-refractivity contribution in [3.05, 3.63) is 105 Å². The lowest BCUT2D eigenvalue weighted by molar-refractivity contribution is -0.384. The molecule has 0 atom stereocenters. The second-order valence-corrected chi connectivity index (χ2v) is 8.22. The summed E-state index contributed by atoms with van der Waals surface area (Å²) in [7, 11) is 0. The van der Waals surface area contributed by atoms with Gasteiger partial charge in [0.25, 0.3) is 17.5 Å². The number of carbonyl (C=O) groups excluding carboxylic acids is 2. The number of imide groups is 1. The van der Waals surface area contributed by atoms with Crippen LogP contribution < -0.4 is 4.90 Å². The molecule has 0 bridgehead atoms. The van der Waals surface area contributed by atoms with Gasteiger partial charge in [-0.25, -0.2) is 4.90 Å². The van der Waals surface area contributed by atoms with Crippen molar-refractivity contribution in [1.82, 2.24) is 0 Å². The van der Waals surface area contributed by atoms with Crippen LogP contribution in [0.2, 0.25) is 0 Å². The predicted octanol–water partition coefficient (Wildman–Crippen LogP) is 5.29. The van der Waals surface area contributed by atoms with Crippen LogP contribution in [0.5, 0.6) is 0 Å². The molecular formula is C24H18N2O4S. The van der Waals surface area contributed by atoms with Gasteiger partial charge in [-0.3, -0.25) is 19.7 Å². The summed E-state index contributed by atoms with van der Waals surface area (Å²) >= 11 is 1.22. The van der Waals surface area contributed by atoms with Crippen LogP contribution in [-0.4, -0.2) is 16.7 Å². The number of nitrogens with zero attached hydrogens (tertiary/aromatic N) is 2. The second-order valence-electron chi connectivity index (χ2n) is 7.14. The van der Waals surface area contributed by atoms with Crippen LogP contribution in [0.3, 0.4) is 0 Å². The van der Waals surface area contributed by atoms with Crippen molar-refractivity contribution >= 4 is 40.5 Å². The third-order valence-electron chi connectivity index (χ3n) is 5.12. The molecule has 0 saturated carbocycles. The Morgan fingerprint density at radius 3 is 2.13 bits per heavy atom. The number of benzene rings is 3. The third kappa shape index (κ3) is 3.87. The van der Waals surface area contributed by atoms with E-state index in [1.165, 1.54) is 40.9 Å². The number of nitro groups is 1. The number of non-ortho nitro benzene ring substituents is 1. The molecule has 0 unspecified atom stereocenters. The molecule has 0 aromatic heterocycles. The van der Waals surface area contributed by atoms with Crippen LogP contribution in [0, 0.1) is 24.0 Å². The summed E-state index contributed by atoms with van der Waals surface area (Å²) in [5.74, 6) is -0.851. The first-order valence-electron chi connectivity index (χ1n) is 9.55. The summed E-state index contributed by atoms with van der Waals surface area (Å²) < 4.78 is 0. The Bertz CT molecular complexity index is 1230. The van der Waals surface area contributed by atoms with Gasteiger partial charge in [0.05, 0.1) is 21.1 Å². The molecule has 2 amide bonds. The van der Waals surface area contributed by atoms with E-state index in [1.807, 2.05) is 56.3 Å². The van der Waals surface area contributed by atoms with Gasteiger partial charge in [-0.05, 0) is 66.9 Å². The standard InChI is InChI=1S/C24H18N2O4S/c1-15-8-11-19(14-16(15)2)25-23(27)21(17-9-12-18(13-10-17)26(29)30)22(24(25)28)31-20-6-4-3-5-7-20/h3-14H,1-2H3. The lowest BCUT2D eigenvalue weighted by Crippen LogP contribution is -2.31. The Morgan fingerprint density at radius 1 is 0.839 bits per heavy atom. The molecule has 3 aromatic carbocycles. The van der Waals surface area contributed by atoms with Gasteiger partial charge in [-0.1, -0.05) is 36.0 Å². The molecule has 4 rings (SSSR count). The van der Waals surface area contributed by atoms with E-state index in [0.29, 0.717) is 16.2 Å². The fraction of sp³-hybridized carbons (Fsp3) is 0.0833. The van der Waals surface area contributed by atoms with E-state index in [0.717, 1.165) is 16.0 Å². The predicted molar refractivity (Wildman–Crippen MR) is 121 cm³/mol. The number of rotatable bonds is 5. The molecule has 0 aliphatic carbocycles. The van der Waals surface area contributed by atoms with Gasteiger partial charge in [0.2, 0.25) is 0 Å². The zero-order valence-electron chi connectivity index (χ0n) is 16.9. The first-order chi connectivity index (χ1) is 14.9. The zero-order chi connectivity index (χ0) is 22.1. The maximum Gasteiger partial charge on any atom is 0.272 e. The lowest BCUT2D eigenvalue weighted by Gasteiger charge is -2.16. The fourth-order valence-electron chi connectivity index (χ4n) is 3.31. The average Bonchev–Trinajstić information content (AvgIpc) is 3.00. The van der Waals surface area contributed by atoms with Gasteiger partial charge in [0.1, 0.15) is 0 Å². The molecule has 1 heterocycles. The normalized spacial score (nSPS) is 13.8. The Hall–Kier alpha value is -3.71. The van der Waals surface area contributed by atoms with Crippen molar-refractivity contribution < 1.29 is 14.5 Å². The number of carbonyl (C=O) groups is 2. The number of hydrogen-bond donors (Lipinski definition) is 0. The van der Waals surface area contributed by atoms with E-state index in [2.05, 4.69) is 0 Å². The summed E-state index contributed by atoms with van der Waals surface area (Å²) in [6.45, 7) is 3.89. The smallest absolute Gasteiger partial charge is 0.268 e. The third-order valence-corrected chi connectivity index (χ3v) is 6.21. The highest BCUT2D eigenvalue weighted by atomic mass is 32.2. The lowest BCUT2D eigenvalue weighted by atomic mass is 10.1. The van der Waals surface area contributed by atoms with E-state index >= 15 is 0 Å². The van der Waals surface area contributed by atoms with Crippen molar-refractivity contribution in [3.8, 4) is 0 Å². The number of thioether (sulfide) groups is 1. The largest absolute Gasteiger partial charge is 0.272 e. The minimum absolute atomic E-state index is 0.0793. The number of anilines is 1. The summed E-state index contributed by atoms with van der Waals surface area (Å²) in [5.41, 5.74) is 3.16. The van der Waals surface area contributed by atoms with Crippen molar-refractivity contribution in [2.75, 3.05) is 4.90 Å². The molecule has 7 heteroatoms. The highest BCUT2D eigenvalue weighted by Gasteiger charge is 2.40. The summed E-state index contributed by atoms with van der Waals surface area (Å²) in [5, 5.41) is 11.0. The number of aryl methyl sites for hydroxylation is 2. The van der Waals surface area contributed by atoms with Crippen molar-refractivity contribution in [3.63, 3.8) is 0 Å². The molecule has 0 saturated heterocycles. The molecule has 0 N–H and O–H groups in total. The Labute approximate surface area is 183 Å². The van der Waals surface area contributed by atoms with Crippen LogP contribution in [0.25, 0.3) is 5.57 Å². The van der Waals surface area contributed by atoms with E-state index in [9.17, 15) is 19.7 Å². The Morgan fingerprint density at radius 2 is 1.52 bits per heavy atom. The van der Waals surface area contributed by atoms with E-state index in [4.69, 9.17) is 0 Å². The van der Waals surface area contributed by atoms with Gasteiger partial charge in [0.15, 0.2) is 0 Å². The molecule has 1 aliphatic rings. The van der Waals surface area contributed by atoms with Gasteiger partial charge in [-0.2, -0.15) is 0 Å². The SMILES string of the molecule is Cc1ccc(N2C(=O)C(Sc3ccccc3)=C(c3ccc([N+](=O)[O-])cc3)C2=O)cc1C. The zero-order valence-corrected chi connectivity index (χ0v) is 17.7. The number of hydrogen-bond acceptors (Lipinski definition) is 5. The fourth-order valence-corrected chi connectivity index (χ4v) is 4.33. The topological polar surface area (TPSA) is 80.5 Å². The number of nitro benzene ring substituents is 1. The molecule has 3 aromatic rings. The molecule has 6 nitrogen and oxygen atoms in total. The highest BCUT2D eigenvalue weighted by Crippen LogP contribution is 2.41. The molecule has 154 valence electrons. The van der Waals surface area contributed by atoms with Gasteiger partial charge >= 0.3 is 0 Å². The molecule has 0 fully saturated rings. The van der Waals surface area contributed by atoms with Crippen LogP contribution in [0.1, 0.15) is 16.7 Å². The maximum absolute atomic E-state index is 13.4. The molecule has 31 heavy (non-hydrogen) atoms. The minimum atomic E-state index is -0.499. The van der Waals surface area contributed by atoms with Gasteiger partial charge in [0, 0.05) is 17.0 Å². The molecule has 0 radical (unpaired) electrons. The van der Waals surface area contributed by atoms with E-state index in [1.54, 1.807) is 6.07 Å². The first kappa shape index (κ1) is 20.6. The first-order valence-corrected chi connectivity index (χ1v) is 10.4. The van der Waals surface area contributed by atoms with Crippen LogP contribution in [0.4, 0.5) is 11.4 Å². The summed E-state index contributed by atoms with van der Waals surface area (Å²) in [4.78, 5) is 39.6. The summed E-state index contributed by atoms with van der Waals surface area (Å²) in [6, 6.07) is 20.4. The Balaban J connectivity index is 1.82. The van der Waals surface area contributed by atoms with Crippen molar-refractivity contribution in [2.45, 2.75) is 18.7 Å². The number of amides is 2. The monoisotopic (exact) mass is 430 g/mol. The Kier molecular flexibility index (Phi) is 5.44. The second kappa shape index (κ2) is 8.20. The van der Waals surface area contributed by atoms with Crippen molar-refractivity contribution in [1.29, 1.82) is 0 Å². The van der Waals surface area contributed by atoms with Crippen LogP contribution in [-0.2, 0) is 9.59 Å². The van der Waals surface area contributed by atoms with Gasteiger partial charge < -0.3 is 0 Å². The van der Waals surface area contributed by atoms with Crippen LogP contribution >= 0.6 is 11.8 Å². The summed E-state index contributed by atoms with van der Waals surface area (Å²) in [6.07, 6.45) is 0. The molecule has 0 spiro atoms. The molecular weight excluding hydrogens is 412 g/mol. The maximum atomic E-state index is 13.4.